The average Bonchev–Trinajstić information content (AvgIpc) is 2.58. The van der Waals surface area contributed by atoms with Crippen molar-refractivity contribution in [3.8, 4) is 11.5 Å². The van der Waals surface area contributed by atoms with Gasteiger partial charge >= 0.3 is 5.97 Å². The number of piperazine rings is 1. The zero-order valence-electron chi connectivity index (χ0n) is 14.4. The number of hydrogen-bond acceptors (Lipinski definition) is 5. The first-order valence-corrected chi connectivity index (χ1v) is 8.07. The summed E-state index contributed by atoms with van der Waals surface area (Å²) in [7, 11) is 3.21. The quantitative estimate of drug-likeness (QED) is 0.659. The van der Waals surface area contributed by atoms with Crippen molar-refractivity contribution >= 4 is 11.9 Å². The number of methoxy groups -OCH3 is 2. The molecule has 1 saturated heterocycles. The summed E-state index contributed by atoms with van der Waals surface area (Å²) in [5.41, 5.74) is 0.969. The van der Waals surface area contributed by atoms with E-state index in [9.17, 15) is 9.59 Å². The fourth-order valence-electron chi connectivity index (χ4n) is 2.91. The molecule has 1 unspecified atom stereocenters. The van der Waals surface area contributed by atoms with E-state index in [1.54, 1.807) is 21.1 Å². The second-order valence-corrected chi connectivity index (χ2v) is 5.62. The van der Waals surface area contributed by atoms with E-state index < -0.39 is 6.04 Å². The van der Waals surface area contributed by atoms with Crippen molar-refractivity contribution in [1.29, 1.82) is 0 Å². The van der Waals surface area contributed by atoms with Gasteiger partial charge in [0.15, 0.2) is 6.04 Å². The van der Waals surface area contributed by atoms with E-state index in [1.807, 2.05) is 18.2 Å². The normalized spacial score (nSPS) is 20.2. The Hall–Kier alpha value is -2.28. The van der Waals surface area contributed by atoms with Gasteiger partial charge in [0.05, 0.1) is 33.9 Å². The van der Waals surface area contributed by atoms with Gasteiger partial charge in [0, 0.05) is 11.6 Å². The van der Waals surface area contributed by atoms with Gasteiger partial charge in [-0.15, -0.1) is 0 Å². The van der Waals surface area contributed by atoms with Gasteiger partial charge < -0.3 is 24.4 Å². The number of amides is 1. The third-order valence-corrected chi connectivity index (χ3v) is 4.14. The maximum atomic E-state index is 12.2. The number of rotatable bonds is 7. The maximum Gasteiger partial charge on any atom is 0.312 e. The van der Waals surface area contributed by atoms with Crippen molar-refractivity contribution in [3.63, 3.8) is 0 Å². The summed E-state index contributed by atoms with van der Waals surface area (Å²) in [6, 6.07) is 5.16. The molecule has 1 fully saturated rings. The fourth-order valence-corrected chi connectivity index (χ4v) is 2.91. The van der Waals surface area contributed by atoms with Crippen molar-refractivity contribution in [3.05, 3.63) is 23.8 Å². The highest BCUT2D eigenvalue weighted by Gasteiger charge is 2.36. The van der Waals surface area contributed by atoms with E-state index in [4.69, 9.17) is 14.2 Å². The Morgan fingerprint density at radius 1 is 1.33 bits per heavy atom. The van der Waals surface area contributed by atoms with Crippen LogP contribution in [0.3, 0.4) is 0 Å². The fraction of sp³-hybridized carbons (Fsp3) is 0.529. The Kier molecular flexibility index (Phi) is 6.43. The van der Waals surface area contributed by atoms with E-state index >= 15 is 0 Å². The van der Waals surface area contributed by atoms with Crippen molar-refractivity contribution in [1.82, 2.24) is 5.32 Å². The number of hydrogen-bond donors (Lipinski definition) is 2. The topological polar surface area (TPSA) is 78.3 Å². The van der Waals surface area contributed by atoms with Crippen LogP contribution in [0.4, 0.5) is 0 Å². The summed E-state index contributed by atoms with van der Waals surface area (Å²) in [5.74, 6) is 0.961. The molecule has 1 heterocycles. The third kappa shape index (κ3) is 4.38. The van der Waals surface area contributed by atoms with Crippen molar-refractivity contribution < 1.29 is 28.7 Å². The minimum atomic E-state index is -0.454. The second kappa shape index (κ2) is 8.54. The zero-order valence-corrected chi connectivity index (χ0v) is 14.4. The van der Waals surface area contributed by atoms with Crippen LogP contribution in [0.25, 0.3) is 0 Å². The van der Waals surface area contributed by atoms with Gasteiger partial charge in [-0.25, -0.2) is 0 Å². The molecule has 24 heavy (non-hydrogen) atoms. The number of benzene rings is 1. The van der Waals surface area contributed by atoms with Gasteiger partial charge in [-0.3, -0.25) is 9.59 Å². The second-order valence-electron chi connectivity index (χ2n) is 5.62. The Labute approximate surface area is 141 Å². The minimum Gasteiger partial charge on any atom is -0.497 e. The van der Waals surface area contributed by atoms with Gasteiger partial charge in [0.2, 0.25) is 0 Å². The molecule has 1 aliphatic heterocycles. The Bertz CT molecular complexity index is 590. The molecule has 132 valence electrons. The summed E-state index contributed by atoms with van der Waals surface area (Å²) in [6.45, 7) is 3.99. The molecule has 2 rings (SSSR count). The van der Waals surface area contributed by atoms with E-state index in [0.717, 1.165) is 17.0 Å². The summed E-state index contributed by atoms with van der Waals surface area (Å²) in [5, 5.41) is 2.82. The smallest absolute Gasteiger partial charge is 0.312 e. The van der Waals surface area contributed by atoms with Crippen molar-refractivity contribution in [2.75, 3.05) is 33.9 Å². The molecule has 1 amide bonds. The number of nitrogens with one attached hydrogen (secondary N) is 2. The monoisotopic (exact) mass is 337 g/mol. The van der Waals surface area contributed by atoms with Crippen LogP contribution in [0.5, 0.6) is 11.5 Å². The van der Waals surface area contributed by atoms with Crippen LogP contribution < -0.4 is 19.7 Å². The highest BCUT2D eigenvalue weighted by molar-refractivity contribution is 5.85. The van der Waals surface area contributed by atoms with Crippen LogP contribution in [0, 0.1) is 0 Å². The molecule has 0 saturated carbocycles. The zero-order chi connectivity index (χ0) is 17.5. The maximum absolute atomic E-state index is 12.2. The van der Waals surface area contributed by atoms with Crippen LogP contribution in [-0.2, 0) is 20.9 Å². The van der Waals surface area contributed by atoms with Gasteiger partial charge in [-0.05, 0) is 19.1 Å². The van der Waals surface area contributed by atoms with Crippen LogP contribution in [0.1, 0.15) is 18.9 Å². The number of esters is 1. The number of carbonyl (C=O) groups excluding carboxylic acids is 2. The molecule has 2 N–H and O–H groups in total. The molecule has 0 aliphatic carbocycles. The summed E-state index contributed by atoms with van der Waals surface area (Å²) < 4.78 is 15.6. The number of carbonyl (C=O) groups is 2. The summed E-state index contributed by atoms with van der Waals surface area (Å²) >= 11 is 0. The van der Waals surface area contributed by atoms with E-state index in [-0.39, 0.29) is 18.3 Å². The molecular weight excluding hydrogens is 312 g/mol. The first kappa shape index (κ1) is 18.1. The van der Waals surface area contributed by atoms with Crippen LogP contribution in [0.2, 0.25) is 0 Å². The molecule has 1 aromatic carbocycles. The Morgan fingerprint density at radius 3 is 2.79 bits per heavy atom. The molecular formula is C17H25N2O5+. The standard InChI is InChI=1S/C17H24N2O5/c1-4-24-16(20)10-14-17(21)18-7-8-19(14)11-12-5-6-13(22-2)9-15(12)23-3/h5-6,9,14H,4,7-8,10-11H2,1-3H3,(H,18,21)/p+1/t14-/m0/s1. The molecule has 7 heteroatoms. The molecule has 0 bridgehead atoms. The number of ether oxygens (including phenoxy) is 3. The predicted octanol–water partition coefficient (Wildman–Crippen LogP) is -0.460. The SMILES string of the molecule is CCOC(=O)C[C@H]1C(=O)NCC[NH+]1Cc1ccc(OC)cc1OC. The minimum absolute atomic E-state index is 0.0769. The van der Waals surface area contributed by atoms with Crippen LogP contribution in [-0.4, -0.2) is 51.8 Å². The average molecular weight is 337 g/mol. The molecule has 0 radical (unpaired) electrons. The highest BCUT2D eigenvalue weighted by atomic mass is 16.5. The largest absolute Gasteiger partial charge is 0.497 e. The lowest BCUT2D eigenvalue weighted by molar-refractivity contribution is -0.930. The Balaban J connectivity index is 2.15. The van der Waals surface area contributed by atoms with Gasteiger partial charge in [0.1, 0.15) is 24.5 Å². The molecule has 7 nitrogen and oxygen atoms in total. The highest BCUT2D eigenvalue weighted by Crippen LogP contribution is 2.24. The first-order valence-electron chi connectivity index (χ1n) is 8.07. The lowest BCUT2D eigenvalue weighted by atomic mass is 10.1. The molecule has 1 aromatic rings. The lowest BCUT2D eigenvalue weighted by Crippen LogP contribution is -3.18. The van der Waals surface area contributed by atoms with Crippen molar-refractivity contribution in [2.24, 2.45) is 0 Å². The Morgan fingerprint density at radius 2 is 2.12 bits per heavy atom. The predicted molar refractivity (Wildman–Crippen MR) is 87.1 cm³/mol. The summed E-state index contributed by atoms with van der Waals surface area (Å²) in [6.07, 6.45) is 0.0769. The third-order valence-electron chi connectivity index (χ3n) is 4.14. The van der Waals surface area contributed by atoms with Crippen LogP contribution in [0.15, 0.2) is 18.2 Å². The number of quaternary nitrogens is 1. The van der Waals surface area contributed by atoms with E-state index in [2.05, 4.69) is 5.32 Å². The first-order chi connectivity index (χ1) is 11.6. The molecule has 1 aliphatic rings. The van der Waals surface area contributed by atoms with Gasteiger partial charge in [-0.1, -0.05) is 0 Å². The summed E-state index contributed by atoms with van der Waals surface area (Å²) in [4.78, 5) is 25.0. The molecule has 0 spiro atoms. The lowest BCUT2D eigenvalue weighted by Gasteiger charge is -2.31. The van der Waals surface area contributed by atoms with Crippen LogP contribution >= 0.6 is 0 Å². The van der Waals surface area contributed by atoms with E-state index in [1.165, 1.54) is 0 Å². The van der Waals surface area contributed by atoms with Crippen molar-refractivity contribution in [2.45, 2.75) is 25.9 Å². The molecule has 2 atom stereocenters. The van der Waals surface area contributed by atoms with E-state index in [0.29, 0.717) is 31.2 Å². The molecule has 0 aromatic heterocycles. The van der Waals surface area contributed by atoms with Gasteiger partial charge in [0.25, 0.3) is 5.91 Å². The van der Waals surface area contributed by atoms with Gasteiger partial charge in [-0.2, -0.15) is 0 Å².